The molecule has 1 fully saturated rings. The molecule has 3 unspecified atom stereocenters. The summed E-state index contributed by atoms with van der Waals surface area (Å²) >= 11 is 1.87. The number of aryl methyl sites for hydroxylation is 1. The SMILES string of the molecule is OC(C1CSCCO1)C1CCCc2cccnc21. The number of aliphatic hydroxyl groups excluding tert-OH is 1. The minimum Gasteiger partial charge on any atom is -0.390 e. The quantitative estimate of drug-likeness (QED) is 0.888. The topological polar surface area (TPSA) is 42.4 Å². The van der Waals surface area contributed by atoms with E-state index < -0.39 is 6.10 Å². The summed E-state index contributed by atoms with van der Waals surface area (Å²) in [6, 6.07) is 4.12. The van der Waals surface area contributed by atoms with Gasteiger partial charge in [0.05, 0.1) is 18.8 Å². The maximum atomic E-state index is 10.6. The molecule has 3 nitrogen and oxygen atoms in total. The molecule has 0 radical (unpaired) electrons. The first-order valence-corrected chi connectivity index (χ1v) is 7.83. The van der Waals surface area contributed by atoms with E-state index in [4.69, 9.17) is 4.74 Å². The molecule has 1 aliphatic heterocycles. The van der Waals surface area contributed by atoms with Crippen LogP contribution in [0, 0.1) is 0 Å². The monoisotopic (exact) mass is 265 g/mol. The van der Waals surface area contributed by atoms with E-state index in [1.54, 1.807) is 0 Å². The average molecular weight is 265 g/mol. The fourth-order valence-corrected chi connectivity index (χ4v) is 3.85. The largest absolute Gasteiger partial charge is 0.390 e. The maximum absolute atomic E-state index is 10.6. The molecule has 1 aromatic rings. The van der Waals surface area contributed by atoms with Crippen LogP contribution in [0.25, 0.3) is 0 Å². The van der Waals surface area contributed by atoms with Gasteiger partial charge in [-0.2, -0.15) is 11.8 Å². The molecule has 0 saturated carbocycles. The Labute approximate surface area is 112 Å². The number of fused-ring (bicyclic) bond motifs is 1. The van der Waals surface area contributed by atoms with Gasteiger partial charge in [-0.15, -0.1) is 0 Å². The lowest BCUT2D eigenvalue weighted by atomic mass is 9.81. The van der Waals surface area contributed by atoms with E-state index >= 15 is 0 Å². The molecule has 2 heterocycles. The van der Waals surface area contributed by atoms with Gasteiger partial charge in [0.1, 0.15) is 0 Å². The van der Waals surface area contributed by atoms with Crippen LogP contribution in [0.4, 0.5) is 0 Å². The van der Waals surface area contributed by atoms with Crippen LogP contribution in [0.5, 0.6) is 0 Å². The van der Waals surface area contributed by atoms with E-state index in [1.807, 2.05) is 24.0 Å². The molecule has 4 heteroatoms. The third kappa shape index (κ3) is 2.42. The van der Waals surface area contributed by atoms with Crippen LogP contribution >= 0.6 is 11.8 Å². The van der Waals surface area contributed by atoms with Crippen molar-refractivity contribution in [3.8, 4) is 0 Å². The molecule has 2 aliphatic rings. The number of hydrogen-bond donors (Lipinski definition) is 1. The smallest absolute Gasteiger partial charge is 0.0931 e. The highest BCUT2D eigenvalue weighted by Gasteiger charge is 2.34. The molecule has 1 saturated heterocycles. The minimum absolute atomic E-state index is 0.0262. The molecule has 3 atom stereocenters. The van der Waals surface area contributed by atoms with Crippen molar-refractivity contribution in [2.75, 3.05) is 18.1 Å². The Morgan fingerprint density at radius 2 is 2.44 bits per heavy atom. The van der Waals surface area contributed by atoms with Gasteiger partial charge in [0.25, 0.3) is 0 Å². The number of aliphatic hydroxyl groups is 1. The van der Waals surface area contributed by atoms with E-state index in [9.17, 15) is 5.11 Å². The van der Waals surface area contributed by atoms with Crippen molar-refractivity contribution in [2.45, 2.75) is 37.4 Å². The van der Waals surface area contributed by atoms with Gasteiger partial charge < -0.3 is 9.84 Å². The van der Waals surface area contributed by atoms with Gasteiger partial charge >= 0.3 is 0 Å². The lowest BCUT2D eigenvalue weighted by molar-refractivity contribution is -0.0364. The van der Waals surface area contributed by atoms with Crippen molar-refractivity contribution in [3.05, 3.63) is 29.6 Å². The lowest BCUT2D eigenvalue weighted by Crippen LogP contribution is -2.40. The van der Waals surface area contributed by atoms with E-state index in [-0.39, 0.29) is 12.0 Å². The predicted molar refractivity (Wildman–Crippen MR) is 73.0 cm³/mol. The first-order valence-electron chi connectivity index (χ1n) is 6.67. The van der Waals surface area contributed by atoms with E-state index in [0.29, 0.717) is 0 Å². The van der Waals surface area contributed by atoms with Gasteiger partial charge in [-0.3, -0.25) is 4.98 Å². The van der Waals surface area contributed by atoms with Gasteiger partial charge in [0, 0.05) is 29.3 Å². The molecule has 98 valence electrons. The zero-order valence-electron chi connectivity index (χ0n) is 10.4. The second-order valence-corrected chi connectivity index (χ2v) is 6.17. The molecule has 18 heavy (non-hydrogen) atoms. The number of nitrogens with zero attached hydrogens (tertiary/aromatic N) is 1. The van der Waals surface area contributed by atoms with Crippen LogP contribution < -0.4 is 0 Å². The van der Waals surface area contributed by atoms with Gasteiger partial charge in [-0.25, -0.2) is 0 Å². The predicted octanol–water partition coefficient (Wildman–Crippen LogP) is 1.99. The van der Waals surface area contributed by atoms with Gasteiger partial charge in [-0.05, 0) is 30.9 Å². The van der Waals surface area contributed by atoms with Crippen LogP contribution in [0.3, 0.4) is 0 Å². The second kappa shape index (κ2) is 5.59. The molecule has 1 aliphatic carbocycles. The van der Waals surface area contributed by atoms with E-state index in [2.05, 4.69) is 11.1 Å². The zero-order chi connectivity index (χ0) is 12.4. The molecule has 1 aromatic heterocycles. The first kappa shape index (κ1) is 12.5. The summed E-state index contributed by atoms with van der Waals surface area (Å²) in [6.07, 6.45) is 4.65. The molecular weight excluding hydrogens is 246 g/mol. The summed E-state index contributed by atoms with van der Waals surface area (Å²) in [5, 5.41) is 10.6. The molecule has 0 aromatic carbocycles. The number of thioether (sulfide) groups is 1. The highest BCUT2D eigenvalue weighted by atomic mass is 32.2. The number of pyridine rings is 1. The number of aromatic nitrogens is 1. The highest BCUT2D eigenvalue weighted by molar-refractivity contribution is 7.99. The Kier molecular flexibility index (Phi) is 3.87. The fraction of sp³-hybridized carbons (Fsp3) is 0.643. The molecule has 1 N–H and O–H groups in total. The van der Waals surface area contributed by atoms with Gasteiger partial charge in [0.2, 0.25) is 0 Å². The molecule has 0 amide bonds. The van der Waals surface area contributed by atoms with Crippen molar-refractivity contribution in [3.63, 3.8) is 0 Å². The summed E-state index contributed by atoms with van der Waals surface area (Å²) in [6.45, 7) is 0.758. The van der Waals surface area contributed by atoms with Gasteiger partial charge in [0.15, 0.2) is 0 Å². The zero-order valence-corrected chi connectivity index (χ0v) is 11.2. The number of rotatable bonds is 2. The Balaban J connectivity index is 1.80. The standard InChI is InChI=1S/C14H19NO2S/c16-14(12-9-18-8-7-17-12)11-5-1-3-10-4-2-6-15-13(10)11/h2,4,6,11-12,14,16H,1,3,5,7-9H2. The van der Waals surface area contributed by atoms with Gasteiger partial charge in [-0.1, -0.05) is 6.07 Å². The molecule has 0 spiro atoms. The third-order valence-electron chi connectivity index (χ3n) is 3.87. The van der Waals surface area contributed by atoms with Crippen molar-refractivity contribution in [2.24, 2.45) is 0 Å². The molecule has 3 rings (SSSR count). The third-order valence-corrected chi connectivity index (χ3v) is 4.89. The Hall–Kier alpha value is -0.580. The molecule has 0 bridgehead atoms. The highest BCUT2D eigenvalue weighted by Crippen LogP contribution is 2.35. The minimum atomic E-state index is -0.410. The summed E-state index contributed by atoms with van der Waals surface area (Å²) in [4.78, 5) is 4.49. The lowest BCUT2D eigenvalue weighted by Gasteiger charge is -2.34. The van der Waals surface area contributed by atoms with Crippen molar-refractivity contribution < 1.29 is 9.84 Å². The first-order chi connectivity index (χ1) is 8.86. The summed E-state index contributed by atoms with van der Waals surface area (Å²) < 4.78 is 5.71. The van der Waals surface area contributed by atoms with E-state index in [1.165, 1.54) is 5.56 Å². The van der Waals surface area contributed by atoms with Crippen molar-refractivity contribution >= 4 is 11.8 Å². The second-order valence-electron chi connectivity index (χ2n) is 5.02. The maximum Gasteiger partial charge on any atom is 0.0931 e. The Bertz CT molecular complexity index is 407. The van der Waals surface area contributed by atoms with Crippen molar-refractivity contribution in [1.29, 1.82) is 0 Å². The normalized spacial score (nSPS) is 29.6. The van der Waals surface area contributed by atoms with Crippen LogP contribution in [0.1, 0.15) is 30.0 Å². The van der Waals surface area contributed by atoms with Crippen LogP contribution in [0.15, 0.2) is 18.3 Å². The fourth-order valence-electron chi connectivity index (χ4n) is 2.94. The number of ether oxygens (including phenoxy) is 1. The number of hydrogen-bond acceptors (Lipinski definition) is 4. The van der Waals surface area contributed by atoms with Crippen LogP contribution in [0.2, 0.25) is 0 Å². The summed E-state index contributed by atoms with van der Waals surface area (Å²) in [5.74, 6) is 2.10. The van der Waals surface area contributed by atoms with Crippen molar-refractivity contribution in [1.82, 2.24) is 4.98 Å². The summed E-state index contributed by atoms with van der Waals surface area (Å²) in [7, 11) is 0. The summed E-state index contributed by atoms with van der Waals surface area (Å²) in [5.41, 5.74) is 2.40. The van der Waals surface area contributed by atoms with E-state index in [0.717, 1.165) is 43.1 Å². The Morgan fingerprint density at radius 1 is 1.50 bits per heavy atom. The Morgan fingerprint density at radius 3 is 3.28 bits per heavy atom. The molecular formula is C14H19NO2S. The van der Waals surface area contributed by atoms with Crippen LogP contribution in [-0.2, 0) is 11.2 Å². The van der Waals surface area contributed by atoms with Crippen LogP contribution in [-0.4, -0.2) is 40.4 Å². The average Bonchev–Trinajstić information content (AvgIpc) is 2.47.